The van der Waals surface area contributed by atoms with Gasteiger partial charge in [-0.2, -0.15) is 5.26 Å². The molecule has 0 bridgehead atoms. The molecule has 0 unspecified atom stereocenters. The second-order valence-electron chi connectivity index (χ2n) is 3.80. The van der Waals surface area contributed by atoms with Crippen LogP contribution in [0.1, 0.15) is 21.5 Å². The van der Waals surface area contributed by atoms with E-state index >= 15 is 0 Å². The van der Waals surface area contributed by atoms with Crippen LogP contribution in [0.2, 0.25) is 0 Å². The minimum absolute atomic E-state index is 0.0278. The third kappa shape index (κ3) is 2.93. The van der Waals surface area contributed by atoms with Gasteiger partial charge < -0.3 is 0 Å². The molecule has 0 aliphatic carbocycles. The summed E-state index contributed by atoms with van der Waals surface area (Å²) >= 11 is 0. The number of hydrogen-bond donors (Lipinski definition) is 0. The van der Waals surface area contributed by atoms with Crippen molar-refractivity contribution in [2.75, 3.05) is 0 Å². The van der Waals surface area contributed by atoms with E-state index in [9.17, 15) is 4.79 Å². The Balaban J connectivity index is 2.11. The highest BCUT2D eigenvalue weighted by atomic mass is 16.1. The van der Waals surface area contributed by atoms with E-state index in [1.165, 1.54) is 6.08 Å². The van der Waals surface area contributed by atoms with Crippen molar-refractivity contribution in [3.8, 4) is 6.07 Å². The van der Waals surface area contributed by atoms with Crippen molar-refractivity contribution in [2.24, 2.45) is 0 Å². The summed E-state index contributed by atoms with van der Waals surface area (Å²) in [5, 5.41) is 8.67. The van der Waals surface area contributed by atoms with Crippen LogP contribution in [0.15, 0.2) is 60.7 Å². The first-order chi connectivity index (χ1) is 8.79. The molecule has 2 nitrogen and oxygen atoms in total. The summed E-state index contributed by atoms with van der Waals surface area (Å²) < 4.78 is 0. The number of nitriles is 1. The third-order valence-corrected chi connectivity index (χ3v) is 2.53. The predicted molar refractivity (Wildman–Crippen MR) is 71.0 cm³/mol. The van der Waals surface area contributed by atoms with Gasteiger partial charge in [0, 0.05) is 5.56 Å². The Kier molecular flexibility index (Phi) is 3.68. The molecule has 0 N–H and O–H groups in total. The fraction of sp³-hybridized carbons (Fsp3) is 0. The number of rotatable bonds is 3. The lowest BCUT2D eigenvalue weighted by Crippen LogP contribution is -1.92. The minimum atomic E-state index is -0.0278. The lowest BCUT2D eigenvalue weighted by molar-refractivity contribution is 0.104. The van der Waals surface area contributed by atoms with Crippen molar-refractivity contribution in [1.29, 1.82) is 5.26 Å². The SMILES string of the molecule is N#Cc1ccc(/C=C/C(=O)c2ccccc2)cc1. The molecule has 2 heteroatoms. The Bertz CT molecular complexity index is 604. The molecule has 86 valence electrons. The molecule has 0 heterocycles. The highest BCUT2D eigenvalue weighted by Gasteiger charge is 1.99. The monoisotopic (exact) mass is 233 g/mol. The Morgan fingerprint density at radius 3 is 2.28 bits per heavy atom. The van der Waals surface area contributed by atoms with Gasteiger partial charge in [0.2, 0.25) is 0 Å². The Labute approximate surface area is 106 Å². The number of ketones is 1. The minimum Gasteiger partial charge on any atom is -0.289 e. The van der Waals surface area contributed by atoms with Crippen molar-refractivity contribution < 1.29 is 4.79 Å². The fourth-order valence-electron chi connectivity index (χ4n) is 1.54. The van der Waals surface area contributed by atoms with Crippen LogP contribution in [-0.2, 0) is 0 Å². The van der Waals surface area contributed by atoms with Gasteiger partial charge in [0.15, 0.2) is 5.78 Å². The van der Waals surface area contributed by atoms with E-state index in [4.69, 9.17) is 5.26 Å². The molecule has 2 aromatic carbocycles. The highest BCUT2D eigenvalue weighted by molar-refractivity contribution is 6.06. The Morgan fingerprint density at radius 1 is 1.00 bits per heavy atom. The molecule has 0 amide bonds. The molecule has 0 aliphatic heterocycles. The van der Waals surface area contributed by atoms with Gasteiger partial charge in [0.05, 0.1) is 11.6 Å². The van der Waals surface area contributed by atoms with Crippen LogP contribution in [0.3, 0.4) is 0 Å². The number of allylic oxidation sites excluding steroid dienone is 1. The van der Waals surface area contributed by atoms with Crippen LogP contribution in [-0.4, -0.2) is 5.78 Å². The zero-order chi connectivity index (χ0) is 12.8. The molecule has 2 rings (SSSR count). The van der Waals surface area contributed by atoms with Crippen LogP contribution in [0.5, 0.6) is 0 Å². The van der Waals surface area contributed by atoms with Crippen molar-refractivity contribution >= 4 is 11.9 Å². The summed E-state index contributed by atoms with van der Waals surface area (Å²) in [5.74, 6) is -0.0278. The van der Waals surface area contributed by atoms with Gasteiger partial charge in [-0.3, -0.25) is 4.79 Å². The molecule has 0 atom stereocenters. The fourth-order valence-corrected chi connectivity index (χ4v) is 1.54. The lowest BCUT2D eigenvalue weighted by Gasteiger charge is -1.95. The summed E-state index contributed by atoms with van der Waals surface area (Å²) in [6, 6.07) is 18.3. The molecule has 0 radical (unpaired) electrons. The molecular weight excluding hydrogens is 222 g/mol. The van der Waals surface area contributed by atoms with Crippen LogP contribution < -0.4 is 0 Å². The largest absolute Gasteiger partial charge is 0.289 e. The van der Waals surface area contributed by atoms with Gasteiger partial charge in [0.25, 0.3) is 0 Å². The molecule has 0 aromatic heterocycles. The first kappa shape index (κ1) is 11.8. The van der Waals surface area contributed by atoms with Crippen LogP contribution in [0, 0.1) is 11.3 Å². The number of carbonyl (C=O) groups is 1. The average molecular weight is 233 g/mol. The van der Waals surface area contributed by atoms with Gasteiger partial charge in [-0.05, 0) is 23.8 Å². The summed E-state index contributed by atoms with van der Waals surface area (Å²) in [7, 11) is 0. The molecule has 0 fully saturated rings. The average Bonchev–Trinajstić information content (AvgIpc) is 2.46. The summed E-state index contributed by atoms with van der Waals surface area (Å²) in [5.41, 5.74) is 2.18. The standard InChI is InChI=1S/C16H11NO/c17-12-14-8-6-13(7-9-14)10-11-16(18)15-4-2-1-3-5-15/h1-11H/b11-10+. The van der Waals surface area contributed by atoms with E-state index < -0.39 is 0 Å². The summed E-state index contributed by atoms with van der Waals surface area (Å²) in [4.78, 5) is 11.8. The topological polar surface area (TPSA) is 40.9 Å². The maximum Gasteiger partial charge on any atom is 0.185 e. The smallest absolute Gasteiger partial charge is 0.185 e. The molecule has 2 aromatic rings. The van der Waals surface area contributed by atoms with Crippen molar-refractivity contribution in [3.63, 3.8) is 0 Å². The van der Waals surface area contributed by atoms with E-state index in [-0.39, 0.29) is 5.78 Å². The number of nitrogens with zero attached hydrogens (tertiary/aromatic N) is 1. The molecule has 0 spiro atoms. The summed E-state index contributed by atoms with van der Waals surface area (Å²) in [6.45, 7) is 0. The number of carbonyl (C=O) groups excluding carboxylic acids is 1. The number of benzene rings is 2. The normalized spacial score (nSPS) is 10.2. The molecule has 0 saturated carbocycles. The van der Waals surface area contributed by atoms with Gasteiger partial charge >= 0.3 is 0 Å². The molecule has 0 aliphatic rings. The Hall–Kier alpha value is -2.66. The van der Waals surface area contributed by atoms with Gasteiger partial charge in [-0.15, -0.1) is 0 Å². The van der Waals surface area contributed by atoms with Crippen molar-refractivity contribution in [3.05, 3.63) is 77.4 Å². The zero-order valence-corrected chi connectivity index (χ0v) is 9.71. The summed E-state index contributed by atoms with van der Waals surface area (Å²) in [6.07, 6.45) is 3.28. The lowest BCUT2D eigenvalue weighted by atomic mass is 10.1. The highest BCUT2D eigenvalue weighted by Crippen LogP contribution is 2.07. The van der Waals surface area contributed by atoms with Crippen molar-refractivity contribution in [2.45, 2.75) is 0 Å². The molecule has 18 heavy (non-hydrogen) atoms. The van der Waals surface area contributed by atoms with E-state index in [1.54, 1.807) is 30.3 Å². The second-order valence-corrected chi connectivity index (χ2v) is 3.80. The van der Waals surface area contributed by atoms with Gasteiger partial charge in [-0.1, -0.05) is 48.5 Å². The maximum atomic E-state index is 11.8. The van der Waals surface area contributed by atoms with E-state index in [0.717, 1.165) is 5.56 Å². The second kappa shape index (κ2) is 5.60. The maximum absolute atomic E-state index is 11.8. The first-order valence-corrected chi connectivity index (χ1v) is 5.57. The number of hydrogen-bond acceptors (Lipinski definition) is 2. The molecule has 0 saturated heterocycles. The van der Waals surface area contributed by atoms with E-state index in [1.807, 2.05) is 30.3 Å². The van der Waals surface area contributed by atoms with Crippen LogP contribution in [0.4, 0.5) is 0 Å². The molecular formula is C16H11NO. The van der Waals surface area contributed by atoms with Crippen LogP contribution >= 0.6 is 0 Å². The first-order valence-electron chi connectivity index (χ1n) is 5.57. The van der Waals surface area contributed by atoms with E-state index in [0.29, 0.717) is 11.1 Å². The Morgan fingerprint density at radius 2 is 1.67 bits per heavy atom. The van der Waals surface area contributed by atoms with Crippen LogP contribution in [0.25, 0.3) is 6.08 Å². The predicted octanol–water partition coefficient (Wildman–Crippen LogP) is 3.45. The van der Waals surface area contributed by atoms with E-state index in [2.05, 4.69) is 6.07 Å². The van der Waals surface area contributed by atoms with Crippen molar-refractivity contribution in [1.82, 2.24) is 0 Å². The third-order valence-electron chi connectivity index (χ3n) is 2.53. The van der Waals surface area contributed by atoms with Gasteiger partial charge in [-0.25, -0.2) is 0 Å². The van der Waals surface area contributed by atoms with Gasteiger partial charge in [0.1, 0.15) is 0 Å². The quantitative estimate of drug-likeness (QED) is 0.601. The zero-order valence-electron chi connectivity index (χ0n) is 9.71.